The van der Waals surface area contributed by atoms with Gasteiger partial charge in [0, 0.05) is 11.8 Å². The molecule has 0 saturated heterocycles. The summed E-state index contributed by atoms with van der Waals surface area (Å²) in [5.41, 5.74) is 3.12. The summed E-state index contributed by atoms with van der Waals surface area (Å²) >= 11 is 3.42. The van der Waals surface area contributed by atoms with Crippen molar-refractivity contribution in [1.82, 2.24) is 9.78 Å². The Labute approximate surface area is 165 Å². The Morgan fingerprint density at radius 3 is 2.33 bits per heavy atom. The number of aromatic nitrogens is 2. The molecule has 1 N–H and O–H groups in total. The van der Waals surface area contributed by atoms with Crippen molar-refractivity contribution in [3.05, 3.63) is 81.5 Å². The van der Waals surface area contributed by atoms with Gasteiger partial charge in [0.25, 0.3) is 5.91 Å². The molecule has 6 nitrogen and oxygen atoms in total. The predicted molar refractivity (Wildman–Crippen MR) is 106 cm³/mol. The smallest absolute Gasteiger partial charge is 0.337 e. The number of hydrogen-bond donors (Lipinski definition) is 1. The second-order valence-corrected chi connectivity index (χ2v) is 6.89. The van der Waals surface area contributed by atoms with Gasteiger partial charge >= 0.3 is 5.97 Å². The summed E-state index contributed by atoms with van der Waals surface area (Å²) in [6, 6.07) is 14.4. The molecule has 0 radical (unpaired) electrons. The molecule has 2 aromatic carbocycles. The zero-order valence-electron chi connectivity index (χ0n) is 14.9. The third kappa shape index (κ3) is 4.62. The fourth-order valence-corrected chi connectivity index (χ4v) is 2.91. The van der Waals surface area contributed by atoms with Gasteiger partial charge in [-0.1, -0.05) is 29.8 Å². The van der Waals surface area contributed by atoms with Crippen molar-refractivity contribution in [3.8, 4) is 0 Å². The van der Waals surface area contributed by atoms with Crippen LogP contribution in [-0.2, 0) is 11.3 Å². The number of nitrogens with one attached hydrogen (secondary N) is 1. The lowest BCUT2D eigenvalue weighted by atomic mass is 10.1. The van der Waals surface area contributed by atoms with Crippen molar-refractivity contribution in [3.63, 3.8) is 0 Å². The van der Waals surface area contributed by atoms with Crippen LogP contribution in [0.2, 0.25) is 0 Å². The molecule has 0 aliphatic carbocycles. The Bertz CT molecular complexity index is 963. The number of ether oxygens (including phenoxy) is 1. The van der Waals surface area contributed by atoms with E-state index >= 15 is 0 Å². The van der Waals surface area contributed by atoms with Crippen molar-refractivity contribution >= 4 is 33.6 Å². The van der Waals surface area contributed by atoms with Crippen LogP contribution in [0.25, 0.3) is 0 Å². The van der Waals surface area contributed by atoms with E-state index in [1.165, 1.54) is 12.7 Å². The Morgan fingerprint density at radius 2 is 1.70 bits per heavy atom. The van der Waals surface area contributed by atoms with E-state index in [4.69, 9.17) is 0 Å². The number of rotatable bonds is 5. The van der Waals surface area contributed by atoms with Crippen LogP contribution in [0.4, 0.5) is 5.82 Å². The number of carbonyl (C=O) groups is 2. The monoisotopic (exact) mass is 427 g/mol. The summed E-state index contributed by atoms with van der Waals surface area (Å²) in [5, 5.41) is 7.19. The molecular weight excluding hydrogens is 410 g/mol. The molecule has 0 fully saturated rings. The molecular formula is C20H18BrN3O3. The lowest BCUT2D eigenvalue weighted by Crippen LogP contribution is -2.13. The summed E-state index contributed by atoms with van der Waals surface area (Å²) in [6.45, 7) is 2.64. The van der Waals surface area contributed by atoms with E-state index in [0.29, 0.717) is 28.0 Å². The largest absolute Gasteiger partial charge is 0.465 e. The highest BCUT2D eigenvalue weighted by molar-refractivity contribution is 9.10. The predicted octanol–water partition coefficient (Wildman–Crippen LogP) is 4.04. The van der Waals surface area contributed by atoms with Gasteiger partial charge in [0.1, 0.15) is 0 Å². The Hall–Kier alpha value is -2.93. The molecule has 0 saturated carbocycles. The van der Waals surface area contributed by atoms with E-state index in [1.54, 1.807) is 28.9 Å². The summed E-state index contributed by atoms with van der Waals surface area (Å²) in [6.07, 6.45) is 1.82. The molecule has 0 bridgehead atoms. The molecule has 0 spiro atoms. The second kappa shape index (κ2) is 8.18. The highest BCUT2D eigenvalue weighted by Gasteiger charge is 2.13. The fourth-order valence-electron chi connectivity index (χ4n) is 2.50. The Morgan fingerprint density at radius 1 is 1.07 bits per heavy atom. The van der Waals surface area contributed by atoms with E-state index < -0.39 is 5.97 Å². The van der Waals surface area contributed by atoms with Crippen LogP contribution < -0.4 is 5.32 Å². The van der Waals surface area contributed by atoms with Gasteiger partial charge in [-0.3, -0.25) is 9.48 Å². The second-order valence-electron chi connectivity index (χ2n) is 6.03. The lowest BCUT2D eigenvalue weighted by Gasteiger charge is -2.05. The summed E-state index contributed by atoms with van der Waals surface area (Å²) in [7, 11) is 1.31. The number of esters is 1. The van der Waals surface area contributed by atoms with Gasteiger partial charge in [-0.25, -0.2) is 4.79 Å². The van der Waals surface area contributed by atoms with Crippen LogP contribution >= 0.6 is 15.9 Å². The highest BCUT2D eigenvalue weighted by Crippen LogP contribution is 2.21. The molecule has 0 aliphatic heterocycles. The van der Waals surface area contributed by atoms with Gasteiger partial charge < -0.3 is 10.1 Å². The number of hydrogen-bond acceptors (Lipinski definition) is 4. The highest BCUT2D eigenvalue weighted by atomic mass is 79.9. The van der Waals surface area contributed by atoms with Gasteiger partial charge in [-0.2, -0.15) is 5.10 Å². The zero-order valence-corrected chi connectivity index (χ0v) is 16.5. The first-order valence-corrected chi connectivity index (χ1v) is 9.04. The minimum atomic E-state index is -0.445. The zero-order chi connectivity index (χ0) is 19.4. The van der Waals surface area contributed by atoms with E-state index in [9.17, 15) is 9.59 Å². The number of methoxy groups -OCH3 is 1. The van der Waals surface area contributed by atoms with Crippen LogP contribution in [0.5, 0.6) is 0 Å². The first-order chi connectivity index (χ1) is 13.0. The van der Waals surface area contributed by atoms with E-state index in [0.717, 1.165) is 5.56 Å². The summed E-state index contributed by atoms with van der Waals surface area (Å²) in [4.78, 5) is 23.9. The molecule has 0 atom stereocenters. The molecule has 27 heavy (non-hydrogen) atoms. The average Bonchev–Trinajstić information content (AvgIpc) is 3.02. The first-order valence-electron chi connectivity index (χ1n) is 8.24. The number of amides is 1. The molecule has 1 amide bonds. The first kappa shape index (κ1) is 18.8. The third-order valence-corrected chi connectivity index (χ3v) is 4.56. The molecule has 7 heteroatoms. The van der Waals surface area contributed by atoms with E-state index in [-0.39, 0.29) is 5.91 Å². The van der Waals surface area contributed by atoms with Crippen molar-refractivity contribution in [2.24, 2.45) is 0 Å². The maximum atomic E-state index is 12.4. The maximum Gasteiger partial charge on any atom is 0.337 e. The molecule has 138 valence electrons. The molecule has 0 aliphatic rings. The molecule has 3 rings (SSSR count). The van der Waals surface area contributed by atoms with Crippen LogP contribution in [0, 0.1) is 6.92 Å². The topological polar surface area (TPSA) is 73.2 Å². The van der Waals surface area contributed by atoms with Crippen molar-refractivity contribution in [1.29, 1.82) is 0 Å². The number of carbonyl (C=O) groups excluding carboxylic acids is 2. The van der Waals surface area contributed by atoms with Crippen LogP contribution in [-0.4, -0.2) is 28.8 Å². The van der Waals surface area contributed by atoms with Gasteiger partial charge in [-0.05, 0) is 52.7 Å². The fraction of sp³-hybridized carbons (Fsp3) is 0.150. The van der Waals surface area contributed by atoms with Crippen molar-refractivity contribution in [2.75, 3.05) is 12.4 Å². The Kier molecular flexibility index (Phi) is 5.71. The van der Waals surface area contributed by atoms with E-state index in [2.05, 4.69) is 43.2 Å². The van der Waals surface area contributed by atoms with Gasteiger partial charge in [-0.15, -0.1) is 0 Å². The number of anilines is 1. The number of benzene rings is 2. The summed E-state index contributed by atoms with van der Waals surface area (Å²) in [5.74, 6) is -0.323. The maximum absolute atomic E-state index is 12.4. The standard InChI is InChI=1S/C20H18BrN3O3/c1-13-3-5-14(6-4-13)11-24-12-17(21)18(23-24)22-19(25)15-7-9-16(10-8-15)20(26)27-2/h3-10,12H,11H2,1-2H3,(H,22,23,25). The third-order valence-electron chi connectivity index (χ3n) is 3.98. The number of aryl methyl sites for hydroxylation is 1. The SMILES string of the molecule is COC(=O)c1ccc(C(=O)Nc2nn(Cc3ccc(C)cc3)cc2Br)cc1. The van der Waals surface area contributed by atoms with Crippen LogP contribution in [0.15, 0.2) is 59.2 Å². The quantitative estimate of drug-likeness (QED) is 0.623. The van der Waals surface area contributed by atoms with Gasteiger partial charge in [0.2, 0.25) is 0 Å². The minimum Gasteiger partial charge on any atom is -0.465 e. The van der Waals surface area contributed by atoms with Crippen LogP contribution in [0.1, 0.15) is 31.8 Å². The molecule has 3 aromatic rings. The van der Waals surface area contributed by atoms with Crippen molar-refractivity contribution < 1.29 is 14.3 Å². The minimum absolute atomic E-state index is 0.312. The number of halogens is 1. The van der Waals surface area contributed by atoms with Gasteiger partial charge in [0.15, 0.2) is 5.82 Å². The molecule has 1 aromatic heterocycles. The average molecular weight is 428 g/mol. The summed E-state index contributed by atoms with van der Waals surface area (Å²) < 4.78 is 7.09. The van der Waals surface area contributed by atoms with Gasteiger partial charge in [0.05, 0.1) is 23.7 Å². The molecule has 0 unspecified atom stereocenters. The van der Waals surface area contributed by atoms with Crippen molar-refractivity contribution in [2.45, 2.75) is 13.5 Å². The normalized spacial score (nSPS) is 10.5. The Balaban J connectivity index is 1.70. The van der Waals surface area contributed by atoms with Crippen LogP contribution in [0.3, 0.4) is 0 Å². The molecule has 1 heterocycles. The van der Waals surface area contributed by atoms with E-state index in [1.807, 2.05) is 25.3 Å². The lowest BCUT2D eigenvalue weighted by molar-refractivity contribution is 0.0600. The number of nitrogens with zero attached hydrogens (tertiary/aromatic N) is 2.